The third-order valence-electron chi connectivity index (χ3n) is 4.11. The topological polar surface area (TPSA) is 87.3 Å². The van der Waals surface area contributed by atoms with Crippen LogP contribution in [-0.2, 0) is 11.0 Å². The maximum Gasteiger partial charge on any atom is 0.416 e. The highest BCUT2D eigenvalue weighted by molar-refractivity contribution is 7.98. The van der Waals surface area contributed by atoms with E-state index in [2.05, 4.69) is 16.2 Å². The molecule has 3 N–H and O–H groups in total. The first-order valence-electron chi connectivity index (χ1n) is 8.94. The second-order valence-corrected chi connectivity index (χ2v) is 7.75. The second kappa shape index (κ2) is 11.1. The Morgan fingerprint density at radius 3 is 2.03 bits per heavy atom. The molecule has 0 spiro atoms. The van der Waals surface area contributed by atoms with Gasteiger partial charge in [0.15, 0.2) is 0 Å². The first-order valence-corrected chi connectivity index (χ1v) is 10.7. The molecule has 0 aromatic heterocycles. The number of carbonyl (C=O) groups excluding carboxylic acids is 3. The van der Waals surface area contributed by atoms with Gasteiger partial charge >= 0.3 is 6.18 Å². The Bertz CT molecular complexity index is 922. The fourth-order valence-electron chi connectivity index (χ4n) is 2.44. The van der Waals surface area contributed by atoms with Crippen LogP contribution in [0.2, 0.25) is 5.02 Å². The summed E-state index contributed by atoms with van der Waals surface area (Å²) < 4.78 is 38.0. The Kier molecular flexibility index (Phi) is 8.76. The van der Waals surface area contributed by atoms with E-state index >= 15 is 0 Å². The summed E-state index contributed by atoms with van der Waals surface area (Å²) in [6.45, 7) is 0. The molecular formula is C20H19ClF3N3O3S. The summed E-state index contributed by atoms with van der Waals surface area (Å²) in [5.74, 6) is -1.44. The van der Waals surface area contributed by atoms with Crippen LogP contribution in [0.25, 0.3) is 0 Å². The highest BCUT2D eigenvalue weighted by Crippen LogP contribution is 2.29. The number of hydrogen-bond acceptors (Lipinski definition) is 4. The summed E-state index contributed by atoms with van der Waals surface area (Å²) in [5.41, 5.74) is 3.85. The predicted molar refractivity (Wildman–Crippen MR) is 113 cm³/mol. The number of alkyl halides is 3. The number of hydrazine groups is 1. The molecule has 6 nitrogen and oxygen atoms in total. The van der Waals surface area contributed by atoms with E-state index in [1.807, 2.05) is 6.26 Å². The van der Waals surface area contributed by atoms with E-state index in [4.69, 9.17) is 11.6 Å². The van der Waals surface area contributed by atoms with Crippen molar-refractivity contribution in [3.8, 4) is 0 Å². The van der Waals surface area contributed by atoms with E-state index in [-0.39, 0.29) is 17.5 Å². The third-order valence-corrected chi connectivity index (χ3v) is 5.01. The van der Waals surface area contributed by atoms with Crippen molar-refractivity contribution in [2.45, 2.75) is 18.6 Å². The lowest BCUT2D eigenvalue weighted by Crippen LogP contribution is -2.52. The molecule has 0 aliphatic heterocycles. The Labute approximate surface area is 185 Å². The Morgan fingerprint density at radius 1 is 0.935 bits per heavy atom. The van der Waals surface area contributed by atoms with Gasteiger partial charge in [-0.1, -0.05) is 11.6 Å². The fourth-order valence-corrected chi connectivity index (χ4v) is 3.03. The molecule has 3 amide bonds. The smallest absolute Gasteiger partial charge is 0.340 e. The summed E-state index contributed by atoms with van der Waals surface area (Å²) in [6, 6.07) is 8.62. The quantitative estimate of drug-likeness (QED) is 0.535. The van der Waals surface area contributed by atoms with Crippen LogP contribution in [-0.4, -0.2) is 35.8 Å². The number of carbonyl (C=O) groups is 3. The number of thioether (sulfide) groups is 1. The standard InChI is InChI=1S/C20H19ClF3N3O3S/c1-31-11-10-16(19(30)27-26-18(29)13-4-8-15(21)9-5-13)25-17(28)12-2-6-14(7-3-12)20(22,23)24/h2-9,16H,10-11H2,1H3,(H,25,28)(H,26,29)(H,27,30)/t16-/m0/s1. The lowest BCUT2D eigenvalue weighted by Gasteiger charge is -2.18. The SMILES string of the molecule is CSCC[C@H](NC(=O)c1ccc(C(F)(F)F)cc1)C(=O)NNC(=O)c1ccc(Cl)cc1. The number of amides is 3. The van der Waals surface area contributed by atoms with Gasteiger partial charge in [-0.05, 0) is 67.0 Å². The molecular weight excluding hydrogens is 455 g/mol. The van der Waals surface area contributed by atoms with Crippen LogP contribution < -0.4 is 16.2 Å². The van der Waals surface area contributed by atoms with Crippen molar-refractivity contribution >= 4 is 41.1 Å². The van der Waals surface area contributed by atoms with Crippen molar-refractivity contribution in [1.29, 1.82) is 0 Å². The van der Waals surface area contributed by atoms with Gasteiger partial charge in [0.2, 0.25) is 0 Å². The highest BCUT2D eigenvalue weighted by Gasteiger charge is 2.30. The molecule has 0 fully saturated rings. The van der Waals surface area contributed by atoms with Gasteiger partial charge in [0.25, 0.3) is 17.7 Å². The van der Waals surface area contributed by atoms with Crippen LogP contribution in [0, 0.1) is 0 Å². The van der Waals surface area contributed by atoms with Crippen LogP contribution >= 0.6 is 23.4 Å². The Hall–Kier alpha value is -2.72. The van der Waals surface area contributed by atoms with Gasteiger partial charge in [-0.15, -0.1) is 0 Å². The lowest BCUT2D eigenvalue weighted by atomic mass is 10.1. The maximum absolute atomic E-state index is 12.7. The Balaban J connectivity index is 2.01. The summed E-state index contributed by atoms with van der Waals surface area (Å²) in [7, 11) is 0. The van der Waals surface area contributed by atoms with Crippen molar-refractivity contribution < 1.29 is 27.6 Å². The summed E-state index contributed by atoms with van der Waals surface area (Å²) >= 11 is 7.21. The van der Waals surface area contributed by atoms with E-state index in [1.165, 1.54) is 36.0 Å². The molecule has 0 saturated carbocycles. The van der Waals surface area contributed by atoms with Gasteiger partial charge in [0.1, 0.15) is 6.04 Å². The lowest BCUT2D eigenvalue weighted by molar-refractivity contribution is -0.137. The molecule has 1 atom stereocenters. The first kappa shape index (κ1) is 24.5. The number of nitrogens with one attached hydrogen (secondary N) is 3. The maximum atomic E-state index is 12.7. The first-order chi connectivity index (χ1) is 14.6. The number of rotatable bonds is 7. The molecule has 2 rings (SSSR count). The third kappa shape index (κ3) is 7.48. The molecule has 0 aliphatic rings. The minimum atomic E-state index is -4.52. The Morgan fingerprint density at radius 2 is 1.48 bits per heavy atom. The zero-order valence-corrected chi connectivity index (χ0v) is 17.8. The van der Waals surface area contributed by atoms with E-state index < -0.39 is 35.5 Å². The van der Waals surface area contributed by atoms with Crippen molar-refractivity contribution in [3.05, 3.63) is 70.2 Å². The molecule has 0 heterocycles. The number of hydrogen-bond donors (Lipinski definition) is 3. The zero-order valence-electron chi connectivity index (χ0n) is 16.3. The average molecular weight is 474 g/mol. The van der Waals surface area contributed by atoms with Gasteiger partial charge in [-0.3, -0.25) is 25.2 Å². The largest absolute Gasteiger partial charge is 0.416 e. The van der Waals surface area contributed by atoms with Gasteiger partial charge in [0.05, 0.1) is 5.56 Å². The van der Waals surface area contributed by atoms with E-state index in [0.29, 0.717) is 10.8 Å². The van der Waals surface area contributed by atoms with Crippen molar-refractivity contribution in [2.75, 3.05) is 12.0 Å². The molecule has 166 valence electrons. The van der Waals surface area contributed by atoms with E-state index in [0.717, 1.165) is 24.3 Å². The summed E-state index contributed by atoms with van der Waals surface area (Å²) in [6.07, 6.45) is -2.46. The van der Waals surface area contributed by atoms with E-state index in [9.17, 15) is 27.6 Å². The van der Waals surface area contributed by atoms with Crippen LogP contribution in [0.15, 0.2) is 48.5 Å². The van der Waals surface area contributed by atoms with Crippen LogP contribution in [0.3, 0.4) is 0 Å². The number of benzene rings is 2. The summed E-state index contributed by atoms with van der Waals surface area (Å²) in [4.78, 5) is 37.0. The second-order valence-electron chi connectivity index (χ2n) is 6.33. The average Bonchev–Trinajstić information content (AvgIpc) is 2.74. The monoisotopic (exact) mass is 473 g/mol. The van der Waals surface area contributed by atoms with Crippen molar-refractivity contribution in [1.82, 2.24) is 16.2 Å². The van der Waals surface area contributed by atoms with E-state index in [1.54, 1.807) is 0 Å². The minimum Gasteiger partial charge on any atom is -0.340 e. The molecule has 0 bridgehead atoms. The molecule has 2 aromatic carbocycles. The molecule has 0 saturated heterocycles. The van der Waals surface area contributed by atoms with Gasteiger partial charge in [0, 0.05) is 16.1 Å². The molecule has 11 heteroatoms. The predicted octanol–water partition coefficient (Wildman–Crippen LogP) is 3.67. The van der Waals surface area contributed by atoms with Crippen LogP contribution in [0.5, 0.6) is 0 Å². The number of halogens is 4. The van der Waals surface area contributed by atoms with Crippen molar-refractivity contribution in [3.63, 3.8) is 0 Å². The van der Waals surface area contributed by atoms with Crippen LogP contribution in [0.1, 0.15) is 32.7 Å². The molecule has 31 heavy (non-hydrogen) atoms. The molecule has 0 unspecified atom stereocenters. The van der Waals surface area contributed by atoms with Gasteiger partial charge in [-0.25, -0.2) is 0 Å². The fraction of sp³-hybridized carbons (Fsp3) is 0.250. The zero-order chi connectivity index (χ0) is 23.0. The van der Waals surface area contributed by atoms with Gasteiger partial charge < -0.3 is 5.32 Å². The molecule has 2 aromatic rings. The highest BCUT2D eigenvalue weighted by atomic mass is 35.5. The van der Waals surface area contributed by atoms with Gasteiger partial charge in [-0.2, -0.15) is 24.9 Å². The van der Waals surface area contributed by atoms with Crippen molar-refractivity contribution in [2.24, 2.45) is 0 Å². The molecule has 0 radical (unpaired) electrons. The van der Waals surface area contributed by atoms with Crippen LogP contribution in [0.4, 0.5) is 13.2 Å². The molecule has 0 aliphatic carbocycles. The minimum absolute atomic E-state index is 0.0276. The summed E-state index contributed by atoms with van der Waals surface area (Å²) in [5, 5.41) is 2.93. The normalized spacial score (nSPS) is 12.0.